The van der Waals surface area contributed by atoms with Crippen LogP contribution in [-0.4, -0.2) is 34.4 Å². The van der Waals surface area contributed by atoms with Crippen LogP contribution in [0.4, 0.5) is 0 Å². The van der Waals surface area contributed by atoms with E-state index in [9.17, 15) is 5.21 Å². The van der Waals surface area contributed by atoms with Crippen molar-refractivity contribution in [2.45, 2.75) is 71.4 Å². The smallest absolute Gasteiger partial charge is 0.0775 e. The molecule has 1 N–H and O–H groups in total. The normalized spacial score (nSPS) is 52.0. The number of nitrogens with zero attached hydrogens (tertiary/aromatic N) is 2. The lowest BCUT2D eigenvalue weighted by Crippen LogP contribution is -2.47. The summed E-state index contributed by atoms with van der Waals surface area (Å²) in [6, 6.07) is 1.17. The van der Waals surface area contributed by atoms with E-state index < -0.39 is 0 Å². The second-order valence-corrected chi connectivity index (χ2v) is 9.13. The second kappa shape index (κ2) is 4.00. The van der Waals surface area contributed by atoms with Crippen LogP contribution in [0.2, 0.25) is 0 Å². The van der Waals surface area contributed by atoms with Gasteiger partial charge in [-0.3, -0.25) is 4.90 Å². The summed E-state index contributed by atoms with van der Waals surface area (Å²) in [4.78, 5) is 2.74. The summed E-state index contributed by atoms with van der Waals surface area (Å²) in [6.07, 6.45) is 7.88. The van der Waals surface area contributed by atoms with Gasteiger partial charge in [0, 0.05) is 18.5 Å². The minimum atomic E-state index is 0.458. The van der Waals surface area contributed by atoms with Crippen molar-refractivity contribution in [3.63, 3.8) is 0 Å². The molecule has 3 heteroatoms. The molecule has 0 aromatic carbocycles. The summed E-state index contributed by atoms with van der Waals surface area (Å²) in [7, 11) is 0. The quantitative estimate of drug-likeness (QED) is 0.587. The summed E-state index contributed by atoms with van der Waals surface area (Å²) in [5, 5.41) is 13.2. The third-order valence-electron chi connectivity index (χ3n) is 6.57. The standard InChI is InChI=1S/C17H28N2O/c1-16(2)7-13-8-17(3,9-16)10-19(13)15-12-5-4-11(6-12)14(15)18-20/h11-13,15,20H,4-10H2,1-3H3/b18-14-/t11-,12+,13+,15+,17+/m0/s1. The van der Waals surface area contributed by atoms with Gasteiger partial charge in [0.1, 0.15) is 0 Å². The van der Waals surface area contributed by atoms with Gasteiger partial charge in [0.05, 0.1) is 11.8 Å². The molecule has 5 atom stereocenters. The Bertz CT molecular complexity index is 458. The number of fused-ring (bicyclic) bond motifs is 4. The van der Waals surface area contributed by atoms with Crippen LogP contribution in [0.1, 0.15) is 59.3 Å². The first-order valence-electron chi connectivity index (χ1n) is 8.38. The van der Waals surface area contributed by atoms with Crippen molar-refractivity contribution in [2.75, 3.05) is 6.54 Å². The summed E-state index contributed by atoms with van der Waals surface area (Å²) in [5.41, 5.74) is 2.07. The third-order valence-corrected chi connectivity index (χ3v) is 6.57. The number of oxime groups is 1. The van der Waals surface area contributed by atoms with E-state index >= 15 is 0 Å². The van der Waals surface area contributed by atoms with Gasteiger partial charge in [-0.2, -0.15) is 0 Å². The van der Waals surface area contributed by atoms with Crippen LogP contribution in [0.15, 0.2) is 5.16 Å². The highest BCUT2D eigenvalue weighted by molar-refractivity contribution is 5.94. The Morgan fingerprint density at radius 1 is 1.20 bits per heavy atom. The van der Waals surface area contributed by atoms with Gasteiger partial charge >= 0.3 is 0 Å². The third kappa shape index (κ3) is 1.78. The van der Waals surface area contributed by atoms with Crippen molar-refractivity contribution in [3.05, 3.63) is 0 Å². The van der Waals surface area contributed by atoms with Crippen LogP contribution < -0.4 is 0 Å². The number of hydrogen-bond donors (Lipinski definition) is 1. The van der Waals surface area contributed by atoms with Gasteiger partial charge in [0.2, 0.25) is 0 Å². The zero-order valence-electron chi connectivity index (χ0n) is 13.1. The van der Waals surface area contributed by atoms with E-state index in [1.165, 1.54) is 45.1 Å². The van der Waals surface area contributed by atoms with Crippen LogP contribution in [0, 0.1) is 22.7 Å². The number of hydrogen-bond acceptors (Lipinski definition) is 3. The molecule has 3 saturated carbocycles. The van der Waals surface area contributed by atoms with Crippen LogP contribution in [0.25, 0.3) is 0 Å². The van der Waals surface area contributed by atoms with Gasteiger partial charge in [0.15, 0.2) is 0 Å². The molecule has 3 aliphatic carbocycles. The summed E-state index contributed by atoms with van der Waals surface area (Å²) in [5.74, 6) is 1.34. The van der Waals surface area contributed by atoms with E-state index in [2.05, 4.69) is 30.8 Å². The zero-order chi connectivity index (χ0) is 14.1. The van der Waals surface area contributed by atoms with E-state index in [0.717, 1.165) is 11.6 Å². The van der Waals surface area contributed by atoms with E-state index in [1.54, 1.807) is 0 Å². The Balaban J connectivity index is 1.64. The van der Waals surface area contributed by atoms with E-state index in [-0.39, 0.29) is 0 Å². The molecule has 1 aliphatic heterocycles. The summed E-state index contributed by atoms with van der Waals surface area (Å²) in [6.45, 7) is 8.56. The molecule has 4 fully saturated rings. The largest absolute Gasteiger partial charge is 0.411 e. The zero-order valence-corrected chi connectivity index (χ0v) is 13.1. The first-order chi connectivity index (χ1) is 9.41. The van der Waals surface area contributed by atoms with E-state index in [0.29, 0.717) is 28.8 Å². The monoisotopic (exact) mass is 276 g/mol. The molecule has 4 aliphatic rings. The first-order valence-corrected chi connectivity index (χ1v) is 8.38. The Hall–Kier alpha value is -0.570. The SMILES string of the molecule is CC1(C)C[C@@H]2C[C@@](C)(CN2[C@H]2/C(=N\O)[C@H]3CC[C@@H]2C3)C1. The van der Waals surface area contributed by atoms with Gasteiger partial charge in [-0.05, 0) is 55.3 Å². The molecular formula is C17H28N2O. The lowest BCUT2D eigenvalue weighted by atomic mass is 9.65. The van der Waals surface area contributed by atoms with Crippen molar-refractivity contribution in [2.24, 2.45) is 27.8 Å². The topological polar surface area (TPSA) is 35.8 Å². The molecule has 0 aromatic heterocycles. The van der Waals surface area contributed by atoms with Gasteiger partial charge in [-0.1, -0.05) is 25.9 Å². The summed E-state index contributed by atoms with van der Waals surface area (Å²) >= 11 is 0. The molecule has 0 radical (unpaired) electrons. The molecule has 4 bridgehead atoms. The Morgan fingerprint density at radius 3 is 2.75 bits per heavy atom. The number of likely N-dealkylation sites (tertiary alicyclic amines) is 1. The molecule has 1 saturated heterocycles. The van der Waals surface area contributed by atoms with Crippen molar-refractivity contribution >= 4 is 5.71 Å². The minimum Gasteiger partial charge on any atom is -0.411 e. The second-order valence-electron chi connectivity index (χ2n) is 9.13. The highest BCUT2D eigenvalue weighted by Crippen LogP contribution is 2.56. The fraction of sp³-hybridized carbons (Fsp3) is 0.941. The summed E-state index contributed by atoms with van der Waals surface area (Å²) < 4.78 is 0. The van der Waals surface area contributed by atoms with Crippen molar-refractivity contribution in [1.29, 1.82) is 0 Å². The predicted octanol–water partition coefficient (Wildman–Crippen LogP) is 3.52. The van der Waals surface area contributed by atoms with Crippen molar-refractivity contribution in [3.8, 4) is 0 Å². The van der Waals surface area contributed by atoms with Gasteiger partial charge in [0.25, 0.3) is 0 Å². The number of rotatable bonds is 1. The van der Waals surface area contributed by atoms with E-state index in [1.807, 2.05) is 0 Å². The lowest BCUT2D eigenvalue weighted by Gasteiger charge is -2.41. The highest BCUT2D eigenvalue weighted by Gasteiger charge is 2.56. The van der Waals surface area contributed by atoms with Gasteiger partial charge in [-0.15, -0.1) is 0 Å². The van der Waals surface area contributed by atoms with Crippen LogP contribution in [-0.2, 0) is 0 Å². The maximum absolute atomic E-state index is 9.49. The minimum absolute atomic E-state index is 0.458. The van der Waals surface area contributed by atoms with Crippen molar-refractivity contribution in [1.82, 2.24) is 4.90 Å². The molecule has 0 spiro atoms. The molecule has 3 nitrogen and oxygen atoms in total. The lowest BCUT2D eigenvalue weighted by molar-refractivity contribution is 0.118. The first kappa shape index (κ1) is 13.1. The molecular weight excluding hydrogens is 248 g/mol. The molecule has 1 heterocycles. The molecule has 112 valence electrons. The maximum Gasteiger partial charge on any atom is 0.0775 e. The predicted molar refractivity (Wildman–Crippen MR) is 80.1 cm³/mol. The average molecular weight is 276 g/mol. The molecule has 0 unspecified atom stereocenters. The van der Waals surface area contributed by atoms with Crippen molar-refractivity contribution < 1.29 is 5.21 Å². The Labute approximate surface area is 122 Å². The average Bonchev–Trinajstić information content (AvgIpc) is 2.98. The van der Waals surface area contributed by atoms with Gasteiger partial charge in [-0.25, -0.2) is 0 Å². The van der Waals surface area contributed by atoms with Gasteiger partial charge < -0.3 is 5.21 Å². The Kier molecular flexibility index (Phi) is 2.62. The van der Waals surface area contributed by atoms with E-state index in [4.69, 9.17) is 0 Å². The highest BCUT2D eigenvalue weighted by atomic mass is 16.4. The van der Waals surface area contributed by atoms with Crippen LogP contribution in [0.3, 0.4) is 0 Å². The molecule has 4 rings (SSSR count). The maximum atomic E-state index is 9.49. The fourth-order valence-corrected chi connectivity index (χ4v) is 6.47. The molecule has 0 amide bonds. The fourth-order valence-electron chi connectivity index (χ4n) is 6.47. The molecule has 0 aromatic rings. The van der Waals surface area contributed by atoms with Crippen LogP contribution in [0.5, 0.6) is 0 Å². The molecule has 20 heavy (non-hydrogen) atoms. The Morgan fingerprint density at radius 2 is 2.00 bits per heavy atom. The van der Waals surface area contributed by atoms with Crippen LogP contribution >= 0.6 is 0 Å².